The zero-order valence-corrected chi connectivity index (χ0v) is 40.7. The Balaban J connectivity index is 0.000000179. The topological polar surface area (TPSA) is 0 Å². The zero-order valence-electron chi connectivity index (χ0n) is 38.2. The number of halogens is 6. The molecule has 0 amide bonds. The van der Waals surface area contributed by atoms with Crippen molar-refractivity contribution in [1.29, 1.82) is 0 Å². The third kappa shape index (κ3) is 11.3. The zero-order chi connectivity index (χ0) is 46.9. The quantitative estimate of drug-likeness (QED) is 0.119. The first-order valence-corrected chi connectivity index (χ1v) is 22.8. The molecular formula is C57H54F6Zr. The van der Waals surface area contributed by atoms with Crippen LogP contribution in [0.2, 0.25) is 0 Å². The standard InChI is InChI=1S/C31H29.C15H8F6.C11H17.Zr/c1-18-11-20(3)30(21(4)12-18)24-7-9-28-26(15-24)17-27-16-25(8-10-29(27)28)31-22(5)13-19(2)14-23(31)6;16-14(17,18)12-5-1-3-10(8-12)7-11-4-2-6-13(9-11)15(19,20)21;1-5-9-6-7-10(8-9)11(2,3)4;/h7-15H,17H2,1-6H3;1-6,8-9H;7-9H,5H2,1-4H3;/q-1;;-1;+2. The van der Waals surface area contributed by atoms with Crippen molar-refractivity contribution in [2.75, 3.05) is 0 Å². The predicted octanol–water partition coefficient (Wildman–Crippen LogP) is 16.4. The molecule has 0 spiro atoms. The van der Waals surface area contributed by atoms with Gasteiger partial charge >= 0.3 is 137 Å². The molecule has 6 aromatic rings. The van der Waals surface area contributed by atoms with Crippen LogP contribution in [0.15, 0.2) is 121 Å². The van der Waals surface area contributed by atoms with Gasteiger partial charge in [0.15, 0.2) is 0 Å². The third-order valence-electron chi connectivity index (χ3n) is 11.8. The number of aryl methyl sites for hydroxylation is 6. The molecular weight excluding hydrogens is 890 g/mol. The van der Waals surface area contributed by atoms with Crippen LogP contribution in [0.3, 0.4) is 0 Å². The minimum absolute atomic E-state index is 0.271. The van der Waals surface area contributed by atoms with Gasteiger partial charge in [0.05, 0.1) is 0 Å². The summed E-state index contributed by atoms with van der Waals surface area (Å²) in [5.41, 5.74) is 19.3. The molecule has 0 aromatic heterocycles. The fourth-order valence-corrected chi connectivity index (χ4v) is 9.51. The van der Waals surface area contributed by atoms with E-state index in [-0.39, 0.29) is 11.1 Å². The van der Waals surface area contributed by atoms with Crippen molar-refractivity contribution in [3.05, 3.63) is 200 Å². The molecule has 7 heteroatoms. The first-order valence-electron chi connectivity index (χ1n) is 21.5. The van der Waals surface area contributed by atoms with Gasteiger partial charge in [-0.25, -0.2) is 6.08 Å². The Bertz CT molecular complexity index is 2560. The fraction of sp³-hybridized carbons (Fsp3) is 0.281. The molecule has 1 atom stereocenters. The van der Waals surface area contributed by atoms with Gasteiger partial charge in [0, 0.05) is 0 Å². The van der Waals surface area contributed by atoms with E-state index in [4.69, 9.17) is 0 Å². The molecule has 0 nitrogen and oxygen atoms in total. The van der Waals surface area contributed by atoms with Crippen LogP contribution in [0.4, 0.5) is 26.3 Å². The van der Waals surface area contributed by atoms with Crippen LogP contribution in [0.1, 0.15) is 101 Å². The van der Waals surface area contributed by atoms with Crippen LogP contribution in [-0.4, -0.2) is 3.21 Å². The summed E-state index contributed by atoms with van der Waals surface area (Å²) < 4.78 is 76.7. The predicted molar refractivity (Wildman–Crippen MR) is 248 cm³/mol. The molecule has 8 rings (SSSR count). The Labute approximate surface area is 390 Å². The first kappa shape index (κ1) is 48.6. The second kappa shape index (κ2) is 19.3. The number of benzene rings is 6. The van der Waals surface area contributed by atoms with Crippen molar-refractivity contribution < 1.29 is 50.6 Å². The van der Waals surface area contributed by atoms with E-state index in [1.807, 2.05) is 0 Å². The molecule has 328 valence electrons. The molecule has 2 aliphatic rings. The Kier molecular flexibility index (Phi) is 14.7. The van der Waals surface area contributed by atoms with Gasteiger partial charge in [-0.15, -0.1) is 29.3 Å². The van der Waals surface area contributed by atoms with Gasteiger partial charge in [0.1, 0.15) is 0 Å². The van der Waals surface area contributed by atoms with Crippen molar-refractivity contribution in [2.45, 2.75) is 94.4 Å². The molecule has 2 aliphatic carbocycles. The van der Waals surface area contributed by atoms with Gasteiger partial charge in [0.25, 0.3) is 0 Å². The number of allylic oxidation sites excluding steroid dienone is 4. The fourth-order valence-electron chi connectivity index (χ4n) is 8.75. The van der Waals surface area contributed by atoms with E-state index in [1.54, 1.807) is 0 Å². The van der Waals surface area contributed by atoms with E-state index < -0.39 is 23.5 Å². The molecule has 0 aliphatic heterocycles. The molecule has 0 saturated carbocycles. The summed E-state index contributed by atoms with van der Waals surface area (Å²) in [6, 6.07) is 33.6. The Morgan fingerprint density at radius 2 is 1.12 bits per heavy atom. The molecule has 0 fully saturated rings. The maximum absolute atomic E-state index is 12.7. The first-order chi connectivity index (χ1) is 29.9. The van der Waals surface area contributed by atoms with Gasteiger partial charge in [-0.2, -0.15) is 11.6 Å². The number of alkyl halides is 6. The molecule has 64 heavy (non-hydrogen) atoms. The molecule has 0 N–H and O–H groups in total. The number of hydrogen-bond acceptors (Lipinski definition) is 0. The van der Waals surface area contributed by atoms with Crippen LogP contribution in [0.5, 0.6) is 0 Å². The Morgan fingerprint density at radius 1 is 0.625 bits per heavy atom. The molecule has 0 saturated heterocycles. The van der Waals surface area contributed by atoms with E-state index in [2.05, 4.69) is 148 Å². The molecule has 1 unspecified atom stereocenters. The van der Waals surface area contributed by atoms with E-state index in [1.165, 1.54) is 114 Å². The van der Waals surface area contributed by atoms with E-state index in [9.17, 15) is 26.3 Å². The SMILES string of the molecule is CCC1[C-]=CC(C(C)(C)C)=C1.Cc1cc(C)c(-c2[c-]c3c(cc2)-c2ccc(-c4c(C)cc(C)cc4C)cc2C3)c(C)c1.FC(F)(F)c1cccc([C](=[Zr+2])c2cccc(C(F)(F)F)c2)c1. The van der Waals surface area contributed by atoms with E-state index >= 15 is 0 Å². The monoisotopic (exact) mass is 942 g/mol. The average molecular weight is 944 g/mol. The summed E-state index contributed by atoms with van der Waals surface area (Å²) in [5, 5.41) is 0. The second-order valence-electron chi connectivity index (χ2n) is 18.1. The van der Waals surface area contributed by atoms with Crippen LogP contribution in [0, 0.1) is 65.0 Å². The van der Waals surface area contributed by atoms with Gasteiger partial charge in [-0.1, -0.05) is 127 Å². The van der Waals surface area contributed by atoms with Crippen LogP contribution in [-0.2, 0) is 43.0 Å². The van der Waals surface area contributed by atoms with Crippen molar-refractivity contribution in [3.8, 4) is 33.4 Å². The molecule has 0 radical (unpaired) electrons. The maximum atomic E-state index is 12.7. The van der Waals surface area contributed by atoms with Crippen molar-refractivity contribution in [1.82, 2.24) is 0 Å². The second-order valence-corrected chi connectivity index (χ2v) is 19.3. The number of hydrogen-bond donors (Lipinski definition) is 0. The number of rotatable bonds is 5. The van der Waals surface area contributed by atoms with Gasteiger partial charge in [-0.3, -0.25) is 6.08 Å². The van der Waals surface area contributed by atoms with Crippen molar-refractivity contribution in [3.63, 3.8) is 0 Å². The molecule has 0 heterocycles. The molecule has 0 bridgehead atoms. The summed E-state index contributed by atoms with van der Waals surface area (Å²) >= 11 is 0.729. The van der Waals surface area contributed by atoms with Crippen LogP contribution < -0.4 is 0 Å². The van der Waals surface area contributed by atoms with Crippen molar-refractivity contribution >= 4 is 3.21 Å². The Hall–Kier alpha value is -4.87. The minimum atomic E-state index is -4.49. The van der Waals surface area contributed by atoms with Gasteiger partial charge in [-0.05, 0) is 75.8 Å². The summed E-state index contributed by atoms with van der Waals surface area (Å²) in [6.45, 7) is 22.2. The summed E-state index contributed by atoms with van der Waals surface area (Å²) in [4.78, 5) is 0. The van der Waals surface area contributed by atoms with E-state index in [0.717, 1.165) is 54.9 Å². The third-order valence-corrected chi connectivity index (χ3v) is 13.2. The van der Waals surface area contributed by atoms with Gasteiger partial charge < -0.3 is 0 Å². The molecule has 6 aromatic carbocycles. The summed E-state index contributed by atoms with van der Waals surface area (Å²) in [6.07, 6.45) is 0.989. The summed E-state index contributed by atoms with van der Waals surface area (Å²) in [7, 11) is 0. The van der Waals surface area contributed by atoms with Gasteiger partial charge in [0.2, 0.25) is 0 Å². The van der Waals surface area contributed by atoms with Crippen molar-refractivity contribution in [2.24, 2.45) is 11.3 Å². The summed E-state index contributed by atoms with van der Waals surface area (Å²) in [5.74, 6) is 0.573. The van der Waals surface area contributed by atoms with Crippen LogP contribution >= 0.6 is 0 Å². The number of fused-ring (bicyclic) bond motifs is 3. The average Bonchev–Trinajstić information content (AvgIpc) is 3.85. The van der Waals surface area contributed by atoms with Crippen LogP contribution in [0.25, 0.3) is 33.4 Å². The Morgan fingerprint density at radius 3 is 1.58 bits per heavy atom. The van der Waals surface area contributed by atoms with E-state index in [0.29, 0.717) is 14.5 Å². The normalized spacial score (nSPS) is 14.2.